The summed E-state index contributed by atoms with van der Waals surface area (Å²) >= 11 is 1.60. The van der Waals surface area contributed by atoms with Crippen molar-refractivity contribution in [3.63, 3.8) is 0 Å². The van der Waals surface area contributed by atoms with Crippen molar-refractivity contribution in [1.82, 2.24) is 14.8 Å². The van der Waals surface area contributed by atoms with E-state index in [4.69, 9.17) is 14.8 Å². The number of carbonyl (C=O) groups is 1. The maximum atomic E-state index is 12.8. The van der Waals surface area contributed by atoms with Gasteiger partial charge in [-0.2, -0.15) is 4.98 Å². The molecule has 3 heterocycles. The summed E-state index contributed by atoms with van der Waals surface area (Å²) in [6.45, 7) is 0. The Morgan fingerprint density at radius 3 is 2.81 bits per heavy atom. The summed E-state index contributed by atoms with van der Waals surface area (Å²) in [7, 11) is 1.65. The Hall–Kier alpha value is -2.93. The molecule has 1 aliphatic carbocycles. The molecule has 1 aliphatic heterocycles. The van der Waals surface area contributed by atoms with Crippen molar-refractivity contribution in [2.45, 2.75) is 25.3 Å². The molecule has 1 N–H and O–H groups in total. The average molecular weight is 378 g/mol. The van der Waals surface area contributed by atoms with Crippen LogP contribution in [0, 0.1) is 0 Å². The smallest absolute Gasteiger partial charge is 0.226 e. The number of anilines is 1. The van der Waals surface area contributed by atoms with E-state index >= 15 is 0 Å². The molecule has 5 rings (SSSR count). The van der Waals surface area contributed by atoms with Crippen LogP contribution in [0.25, 0.3) is 10.7 Å². The molecule has 0 amide bonds. The molecule has 1 atom stereocenters. The Morgan fingerprint density at radius 2 is 2.07 bits per heavy atom. The lowest BCUT2D eigenvalue weighted by molar-refractivity contribution is -0.116. The topological polar surface area (TPSA) is 69.0 Å². The predicted molar refractivity (Wildman–Crippen MR) is 104 cm³/mol. The highest BCUT2D eigenvalue weighted by Crippen LogP contribution is 2.41. The van der Waals surface area contributed by atoms with Crippen LogP contribution < -0.4 is 10.1 Å². The van der Waals surface area contributed by atoms with Gasteiger partial charge in [0.2, 0.25) is 5.95 Å². The first-order valence-corrected chi connectivity index (χ1v) is 9.80. The zero-order valence-corrected chi connectivity index (χ0v) is 15.6. The minimum atomic E-state index is -0.267. The highest BCUT2D eigenvalue weighted by atomic mass is 32.1. The van der Waals surface area contributed by atoms with Gasteiger partial charge in [0, 0.05) is 17.7 Å². The van der Waals surface area contributed by atoms with Gasteiger partial charge >= 0.3 is 0 Å². The fourth-order valence-electron chi connectivity index (χ4n) is 3.76. The lowest BCUT2D eigenvalue weighted by Crippen LogP contribution is -2.31. The minimum absolute atomic E-state index is 0.184. The van der Waals surface area contributed by atoms with E-state index in [2.05, 4.69) is 5.32 Å². The van der Waals surface area contributed by atoms with Crippen molar-refractivity contribution in [2.24, 2.45) is 0 Å². The van der Waals surface area contributed by atoms with Gasteiger partial charge in [0.15, 0.2) is 11.6 Å². The molecule has 0 spiro atoms. The summed E-state index contributed by atoms with van der Waals surface area (Å²) < 4.78 is 7.13. The molecule has 3 aromatic rings. The van der Waals surface area contributed by atoms with Gasteiger partial charge in [-0.3, -0.25) is 4.79 Å². The number of ether oxygens (including phenoxy) is 1. The molecule has 27 heavy (non-hydrogen) atoms. The number of benzene rings is 1. The highest BCUT2D eigenvalue weighted by molar-refractivity contribution is 7.13. The Balaban J connectivity index is 1.67. The number of nitrogens with one attached hydrogen (secondary N) is 1. The zero-order valence-electron chi connectivity index (χ0n) is 14.8. The lowest BCUT2D eigenvalue weighted by atomic mass is 9.85. The SMILES string of the molecule is COc1ccc(C2C3=C(CCCC3=O)Nc3nc(-c4cccs4)nn32)cc1. The second kappa shape index (κ2) is 6.35. The third-order valence-corrected chi connectivity index (χ3v) is 5.91. The summed E-state index contributed by atoms with van der Waals surface area (Å²) in [5.74, 6) is 2.34. The molecular weight excluding hydrogens is 360 g/mol. The normalized spacial score (nSPS) is 18.7. The maximum Gasteiger partial charge on any atom is 0.226 e. The molecule has 1 aromatic carbocycles. The summed E-state index contributed by atoms with van der Waals surface area (Å²) in [5.41, 5.74) is 2.79. The number of hydrogen-bond acceptors (Lipinski definition) is 6. The molecule has 1 unspecified atom stereocenters. The van der Waals surface area contributed by atoms with E-state index in [9.17, 15) is 4.79 Å². The van der Waals surface area contributed by atoms with Crippen LogP contribution in [0.1, 0.15) is 30.9 Å². The molecule has 7 heteroatoms. The van der Waals surface area contributed by atoms with Gasteiger partial charge in [-0.25, -0.2) is 4.68 Å². The number of carbonyl (C=O) groups excluding carboxylic acids is 1. The van der Waals surface area contributed by atoms with E-state index in [0.29, 0.717) is 18.2 Å². The number of Topliss-reactive ketones (excluding diaryl/α,β-unsaturated/α-hetero) is 1. The Bertz CT molecular complexity index is 1030. The highest BCUT2D eigenvalue weighted by Gasteiger charge is 2.36. The van der Waals surface area contributed by atoms with Crippen molar-refractivity contribution in [3.05, 3.63) is 58.6 Å². The van der Waals surface area contributed by atoms with Crippen molar-refractivity contribution < 1.29 is 9.53 Å². The molecule has 0 bridgehead atoms. The van der Waals surface area contributed by atoms with Crippen LogP contribution in [-0.2, 0) is 4.79 Å². The second-order valence-electron chi connectivity index (χ2n) is 6.65. The summed E-state index contributed by atoms with van der Waals surface area (Å²) in [4.78, 5) is 18.5. The molecule has 0 fully saturated rings. The molecular formula is C20H18N4O2S. The first-order valence-electron chi connectivity index (χ1n) is 8.92. The molecule has 2 aliphatic rings. The van der Waals surface area contributed by atoms with Gasteiger partial charge in [0.1, 0.15) is 11.8 Å². The first-order chi connectivity index (χ1) is 13.2. The number of aromatic nitrogens is 3. The maximum absolute atomic E-state index is 12.8. The fraction of sp³-hybridized carbons (Fsp3) is 0.250. The third-order valence-electron chi connectivity index (χ3n) is 5.04. The number of allylic oxidation sites excluding steroid dienone is 2. The quantitative estimate of drug-likeness (QED) is 0.745. The number of rotatable bonds is 3. The molecule has 6 nitrogen and oxygen atoms in total. The Morgan fingerprint density at radius 1 is 1.22 bits per heavy atom. The van der Waals surface area contributed by atoms with E-state index in [1.807, 2.05) is 46.5 Å². The molecule has 0 saturated heterocycles. The van der Waals surface area contributed by atoms with Gasteiger partial charge < -0.3 is 10.1 Å². The molecule has 136 valence electrons. The van der Waals surface area contributed by atoms with Crippen molar-refractivity contribution >= 4 is 23.1 Å². The van der Waals surface area contributed by atoms with Crippen LogP contribution in [0.15, 0.2) is 53.0 Å². The third kappa shape index (κ3) is 2.66. The van der Waals surface area contributed by atoms with Crippen LogP contribution in [0.3, 0.4) is 0 Å². The zero-order chi connectivity index (χ0) is 18.4. The number of nitrogens with zero attached hydrogens (tertiary/aromatic N) is 3. The van der Waals surface area contributed by atoms with E-state index in [1.54, 1.807) is 18.4 Å². The molecule has 0 saturated carbocycles. The predicted octanol–water partition coefficient (Wildman–Crippen LogP) is 4.04. The minimum Gasteiger partial charge on any atom is -0.497 e. The number of hydrogen-bond donors (Lipinski definition) is 1. The first kappa shape index (κ1) is 16.3. The Labute approximate surface area is 160 Å². The van der Waals surface area contributed by atoms with Gasteiger partial charge in [0.25, 0.3) is 0 Å². The van der Waals surface area contributed by atoms with Crippen LogP contribution >= 0.6 is 11.3 Å². The summed E-state index contributed by atoms with van der Waals surface area (Å²) in [6.07, 6.45) is 2.30. The molecule has 0 radical (unpaired) electrons. The van der Waals surface area contributed by atoms with E-state index < -0.39 is 0 Å². The Kier molecular flexibility index (Phi) is 3.82. The van der Waals surface area contributed by atoms with Crippen molar-refractivity contribution in [1.29, 1.82) is 0 Å². The van der Waals surface area contributed by atoms with Gasteiger partial charge in [-0.1, -0.05) is 18.2 Å². The van der Waals surface area contributed by atoms with Crippen LogP contribution in [-0.4, -0.2) is 27.7 Å². The van der Waals surface area contributed by atoms with Crippen LogP contribution in [0.5, 0.6) is 5.75 Å². The number of thiophene rings is 1. The number of ketones is 1. The standard InChI is InChI=1S/C20H18N4O2S/c1-26-13-9-7-12(8-10-13)18-17-14(4-2-5-15(17)25)21-20-22-19(23-24(18)20)16-6-3-11-27-16/h3,6-11,18H,2,4-5H2,1H3,(H,21,22,23). The fourth-order valence-corrected chi connectivity index (χ4v) is 4.41. The van der Waals surface area contributed by atoms with Gasteiger partial charge in [0.05, 0.1) is 12.0 Å². The number of methoxy groups -OCH3 is 1. The monoisotopic (exact) mass is 378 g/mol. The van der Waals surface area contributed by atoms with E-state index in [0.717, 1.165) is 40.3 Å². The van der Waals surface area contributed by atoms with Gasteiger partial charge in [-0.05, 0) is 42.0 Å². The van der Waals surface area contributed by atoms with Crippen molar-refractivity contribution in [3.8, 4) is 16.5 Å². The van der Waals surface area contributed by atoms with E-state index in [-0.39, 0.29) is 11.8 Å². The summed E-state index contributed by atoms with van der Waals surface area (Å²) in [5, 5.41) is 10.1. The second-order valence-corrected chi connectivity index (χ2v) is 7.60. The van der Waals surface area contributed by atoms with Gasteiger partial charge in [-0.15, -0.1) is 16.4 Å². The number of fused-ring (bicyclic) bond motifs is 1. The lowest BCUT2D eigenvalue weighted by Gasteiger charge is -2.32. The van der Waals surface area contributed by atoms with Crippen LogP contribution in [0.2, 0.25) is 0 Å². The van der Waals surface area contributed by atoms with E-state index in [1.165, 1.54) is 0 Å². The largest absolute Gasteiger partial charge is 0.497 e. The molecule has 2 aromatic heterocycles. The summed E-state index contributed by atoms with van der Waals surface area (Å²) in [6, 6.07) is 11.6. The average Bonchev–Trinajstić information content (AvgIpc) is 3.36. The van der Waals surface area contributed by atoms with Crippen LogP contribution in [0.4, 0.5) is 5.95 Å². The van der Waals surface area contributed by atoms with Crippen molar-refractivity contribution in [2.75, 3.05) is 12.4 Å².